The van der Waals surface area contributed by atoms with Gasteiger partial charge in [0.25, 0.3) is 0 Å². The number of allylic oxidation sites excluding steroid dienone is 1. The number of rotatable bonds is 10. The van der Waals surface area contributed by atoms with Crippen LogP contribution >= 0.6 is 0 Å². The van der Waals surface area contributed by atoms with Gasteiger partial charge in [0.05, 0.1) is 39.6 Å². The monoisotopic (exact) mass is 549 g/mol. The zero-order valence-electron chi connectivity index (χ0n) is 23.8. The minimum atomic E-state index is -0.396. The van der Waals surface area contributed by atoms with Gasteiger partial charge in [0.1, 0.15) is 0 Å². The van der Waals surface area contributed by atoms with E-state index in [4.69, 9.17) is 14.2 Å². The number of hydrogen-bond acceptors (Lipinski definition) is 7. The van der Waals surface area contributed by atoms with Crippen LogP contribution in [0.1, 0.15) is 62.6 Å². The van der Waals surface area contributed by atoms with E-state index in [1.165, 1.54) is 31.4 Å². The number of aryl methyl sites for hydroxylation is 1. The molecular formula is C31H39N3O6. The fourth-order valence-electron chi connectivity index (χ4n) is 5.59. The molecule has 2 aliphatic carbocycles. The third-order valence-corrected chi connectivity index (χ3v) is 7.51. The number of amides is 2. The summed E-state index contributed by atoms with van der Waals surface area (Å²) in [7, 11) is 4.68. The number of hydrogen-bond donors (Lipinski definition) is 3. The number of fused-ring (bicyclic) bond motifs is 3. The van der Waals surface area contributed by atoms with Crippen molar-refractivity contribution in [3.8, 4) is 28.4 Å². The van der Waals surface area contributed by atoms with Gasteiger partial charge in [-0.25, -0.2) is 0 Å². The first-order chi connectivity index (χ1) is 19.4. The molecule has 2 aromatic rings. The van der Waals surface area contributed by atoms with E-state index in [-0.39, 0.29) is 23.8 Å². The molecule has 2 aliphatic rings. The predicted octanol–water partition coefficient (Wildman–Crippen LogP) is 4.28. The van der Waals surface area contributed by atoms with E-state index in [9.17, 15) is 14.4 Å². The highest BCUT2D eigenvalue weighted by Gasteiger charge is 2.29. The van der Waals surface area contributed by atoms with Crippen molar-refractivity contribution in [2.45, 2.75) is 57.9 Å². The normalized spacial score (nSPS) is 15.9. The van der Waals surface area contributed by atoms with E-state index in [1.54, 1.807) is 27.4 Å². The maximum absolute atomic E-state index is 13.4. The second-order valence-corrected chi connectivity index (χ2v) is 10.2. The highest BCUT2D eigenvalue weighted by molar-refractivity contribution is 5.84. The van der Waals surface area contributed by atoms with Crippen molar-refractivity contribution < 1.29 is 23.8 Å². The average molecular weight is 550 g/mol. The quantitative estimate of drug-likeness (QED) is 0.379. The van der Waals surface area contributed by atoms with Gasteiger partial charge < -0.3 is 30.2 Å². The summed E-state index contributed by atoms with van der Waals surface area (Å²) in [5.41, 5.74) is 4.54. The molecule has 0 radical (unpaired) electrons. The Hall–Kier alpha value is -4.01. The Bertz CT molecular complexity index is 1350. The highest BCUT2D eigenvalue weighted by Crippen LogP contribution is 2.50. The standard InChI is InChI=1S/C31H39N3O6/c1-19(35)34-24-12-10-21-16-27(38-2)30(39-3)31(40-4)29(21)22-11-13-25(26(36)17-23(22)24)33-18-28(37)32-15-14-20-8-6-5-7-9-20/h8,11,13,16-17,24H,5-7,9-10,12,14-15,18H2,1-4H3,(H,32,37)(H,33,36)(H,34,35)/t24-/m1/s1. The van der Waals surface area contributed by atoms with Gasteiger partial charge in [0.2, 0.25) is 23.0 Å². The Morgan fingerprint density at radius 1 is 1.00 bits per heavy atom. The van der Waals surface area contributed by atoms with Crippen molar-refractivity contribution in [3.63, 3.8) is 0 Å². The first-order valence-electron chi connectivity index (χ1n) is 13.8. The van der Waals surface area contributed by atoms with Crippen LogP contribution in [0, 0.1) is 0 Å². The molecule has 0 saturated carbocycles. The van der Waals surface area contributed by atoms with E-state index in [0.717, 1.165) is 36.0 Å². The van der Waals surface area contributed by atoms with Crippen molar-refractivity contribution in [2.24, 2.45) is 0 Å². The number of methoxy groups -OCH3 is 3. The van der Waals surface area contributed by atoms with Crippen molar-refractivity contribution in [1.29, 1.82) is 0 Å². The van der Waals surface area contributed by atoms with Crippen LogP contribution in [0.25, 0.3) is 11.1 Å². The molecule has 0 spiro atoms. The third kappa shape index (κ3) is 6.58. The zero-order chi connectivity index (χ0) is 28.6. The molecule has 2 amide bonds. The molecule has 40 heavy (non-hydrogen) atoms. The van der Waals surface area contributed by atoms with Crippen LogP contribution in [0.5, 0.6) is 17.2 Å². The maximum atomic E-state index is 13.4. The van der Waals surface area contributed by atoms with Gasteiger partial charge in [-0.2, -0.15) is 0 Å². The summed E-state index contributed by atoms with van der Waals surface area (Å²) in [4.78, 5) is 38.0. The van der Waals surface area contributed by atoms with Gasteiger partial charge in [0, 0.05) is 19.0 Å². The minimum Gasteiger partial charge on any atom is -0.493 e. The van der Waals surface area contributed by atoms with Crippen molar-refractivity contribution in [3.05, 3.63) is 57.3 Å². The maximum Gasteiger partial charge on any atom is 0.239 e. The summed E-state index contributed by atoms with van der Waals surface area (Å²) < 4.78 is 17.0. The van der Waals surface area contributed by atoms with Crippen LogP contribution in [0.4, 0.5) is 5.69 Å². The predicted molar refractivity (Wildman–Crippen MR) is 155 cm³/mol. The summed E-state index contributed by atoms with van der Waals surface area (Å²) in [6, 6.07) is 6.56. The molecule has 0 heterocycles. The number of benzene rings is 1. The smallest absolute Gasteiger partial charge is 0.239 e. The molecule has 3 N–H and O–H groups in total. The second kappa shape index (κ2) is 13.4. The third-order valence-electron chi connectivity index (χ3n) is 7.51. The summed E-state index contributed by atoms with van der Waals surface area (Å²) >= 11 is 0. The Labute approximate surface area is 235 Å². The van der Waals surface area contributed by atoms with Gasteiger partial charge >= 0.3 is 0 Å². The number of anilines is 1. The molecule has 4 rings (SSSR count). The molecule has 1 atom stereocenters. The lowest BCUT2D eigenvalue weighted by Gasteiger charge is -2.19. The topological polar surface area (TPSA) is 115 Å². The van der Waals surface area contributed by atoms with Gasteiger partial charge in [-0.1, -0.05) is 17.7 Å². The van der Waals surface area contributed by atoms with E-state index in [2.05, 4.69) is 22.0 Å². The Balaban J connectivity index is 1.65. The van der Waals surface area contributed by atoms with Gasteiger partial charge in [-0.05, 0) is 79.8 Å². The van der Waals surface area contributed by atoms with Crippen LogP contribution in [-0.2, 0) is 16.0 Å². The lowest BCUT2D eigenvalue weighted by molar-refractivity contribution is -0.120. The minimum absolute atomic E-state index is 0.0248. The first kappa shape index (κ1) is 29.0. The molecule has 0 bridgehead atoms. The van der Waals surface area contributed by atoms with E-state index >= 15 is 0 Å². The number of nitrogens with one attached hydrogen (secondary N) is 3. The molecule has 0 unspecified atom stereocenters. The lowest BCUT2D eigenvalue weighted by atomic mass is 9.95. The molecule has 9 nitrogen and oxygen atoms in total. The molecule has 9 heteroatoms. The first-order valence-corrected chi connectivity index (χ1v) is 13.8. The van der Waals surface area contributed by atoms with Crippen LogP contribution in [0.15, 0.2) is 40.7 Å². The van der Waals surface area contributed by atoms with E-state index in [0.29, 0.717) is 47.9 Å². The van der Waals surface area contributed by atoms with Crippen LogP contribution in [0.3, 0.4) is 0 Å². The van der Waals surface area contributed by atoms with Gasteiger partial charge in [-0.3, -0.25) is 14.4 Å². The number of ether oxygens (including phenoxy) is 3. The molecule has 0 aromatic heterocycles. The molecule has 0 saturated heterocycles. The molecule has 0 fully saturated rings. The average Bonchev–Trinajstić information content (AvgIpc) is 3.19. The van der Waals surface area contributed by atoms with Crippen molar-refractivity contribution in [1.82, 2.24) is 10.6 Å². The second-order valence-electron chi connectivity index (χ2n) is 10.2. The molecular weight excluding hydrogens is 510 g/mol. The van der Waals surface area contributed by atoms with Crippen LogP contribution in [0.2, 0.25) is 0 Å². The van der Waals surface area contributed by atoms with Crippen molar-refractivity contribution in [2.75, 3.05) is 39.7 Å². The summed E-state index contributed by atoms with van der Waals surface area (Å²) in [5, 5.41) is 8.94. The van der Waals surface area contributed by atoms with E-state index in [1.807, 2.05) is 12.1 Å². The summed E-state index contributed by atoms with van der Waals surface area (Å²) in [6.07, 6.45) is 8.98. The molecule has 0 aliphatic heterocycles. The Kier molecular flexibility index (Phi) is 9.69. The SMILES string of the molecule is COc1cc2c(c(OC)c1OC)-c1ccc(NCC(=O)NCCC3=CCCCC3)c(=O)cc1[C@H](NC(C)=O)CC2. The van der Waals surface area contributed by atoms with E-state index < -0.39 is 6.04 Å². The zero-order valence-corrected chi connectivity index (χ0v) is 23.8. The Morgan fingerprint density at radius 3 is 2.48 bits per heavy atom. The van der Waals surface area contributed by atoms with Gasteiger partial charge in [-0.15, -0.1) is 0 Å². The number of carbonyl (C=O) groups is 2. The molecule has 214 valence electrons. The molecule has 2 aromatic carbocycles. The van der Waals surface area contributed by atoms with Crippen molar-refractivity contribution >= 4 is 17.5 Å². The fraction of sp³-hybridized carbons (Fsp3) is 0.452. The fourth-order valence-corrected chi connectivity index (χ4v) is 5.59. The highest BCUT2D eigenvalue weighted by atomic mass is 16.5. The summed E-state index contributed by atoms with van der Waals surface area (Å²) in [5.74, 6) is 1.10. The lowest BCUT2D eigenvalue weighted by Crippen LogP contribution is -2.31. The summed E-state index contributed by atoms with van der Waals surface area (Å²) in [6.45, 7) is 2.01. The van der Waals surface area contributed by atoms with Crippen LogP contribution in [-0.4, -0.2) is 46.2 Å². The Morgan fingerprint density at radius 2 is 1.80 bits per heavy atom. The van der Waals surface area contributed by atoms with Gasteiger partial charge in [0.15, 0.2) is 11.5 Å². The number of carbonyl (C=O) groups excluding carboxylic acids is 2. The van der Waals surface area contributed by atoms with Crippen LogP contribution < -0.4 is 35.6 Å². The largest absolute Gasteiger partial charge is 0.493 e.